The molecule has 146 valence electrons. The number of amides is 1. The zero-order valence-corrected chi connectivity index (χ0v) is 16.5. The van der Waals surface area contributed by atoms with Crippen LogP contribution in [-0.4, -0.2) is 33.8 Å². The second-order valence-corrected chi connectivity index (χ2v) is 7.82. The Labute approximate surface area is 167 Å². The Kier molecular flexibility index (Phi) is 5.68. The third-order valence-electron chi connectivity index (χ3n) is 4.77. The zero-order chi connectivity index (χ0) is 19.3. The number of carbonyl (C=O) groups excluding carboxylic acids is 1. The van der Waals surface area contributed by atoms with Gasteiger partial charge < -0.3 is 10.1 Å². The van der Waals surface area contributed by atoms with E-state index >= 15 is 0 Å². The number of ether oxygens (including phenoxy) is 1. The summed E-state index contributed by atoms with van der Waals surface area (Å²) in [5, 5.41) is 12.7. The third-order valence-corrected chi connectivity index (χ3v) is 5.62. The van der Waals surface area contributed by atoms with Crippen molar-refractivity contribution in [3.63, 3.8) is 0 Å². The summed E-state index contributed by atoms with van der Waals surface area (Å²) < 4.78 is 7.42. The van der Waals surface area contributed by atoms with Crippen LogP contribution in [0.3, 0.4) is 0 Å². The SMILES string of the molecule is Cn1nc(C2CCNCC2)nc1NC(=O)c1cccc(OCc2cccs2)c1. The van der Waals surface area contributed by atoms with Gasteiger partial charge in [-0.15, -0.1) is 11.3 Å². The summed E-state index contributed by atoms with van der Waals surface area (Å²) in [4.78, 5) is 18.4. The predicted molar refractivity (Wildman–Crippen MR) is 109 cm³/mol. The largest absolute Gasteiger partial charge is 0.488 e. The van der Waals surface area contributed by atoms with Crippen LogP contribution in [0.2, 0.25) is 0 Å². The van der Waals surface area contributed by atoms with E-state index in [9.17, 15) is 4.79 Å². The molecular weight excluding hydrogens is 374 g/mol. The van der Waals surface area contributed by atoms with Crippen molar-refractivity contribution >= 4 is 23.2 Å². The lowest BCUT2D eigenvalue weighted by atomic mass is 9.98. The molecule has 3 aromatic rings. The first-order valence-electron chi connectivity index (χ1n) is 9.37. The minimum Gasteiger partial charge on any atom is -0.488 e. The summed E-state index contributed by atoms with van der Waals surface area (Å²) >= 11 is 1.64. The van der Waals surface area contributed by atoms with Crippen molar-refractivity contribution in [2.75, 3.05) is 18.4 Å². The van der Waals surface area contributed by atoms with Crippen molar-refractivity contribution in [2.45, 2.75) is 25.4 Å². The van der Waals surface area contributed by atoms with Crippen LogP contribution in [-0.2, 0) is 13.7 Å². The molecule has 0 radical (unpaired) electrons. The van der Waals surface area contributed by atoms with Crippen LogP contribution in [0.15, 0.2) is 41.8 Å². The first-order valence-corrected chi connectivity index (χ1v) is 10.3. The molecule has 1 aromatic carbocycles. The molecule has 1 amide bonds. The van der Waals surface area contributed by atoms with Gasteiger partial charge in [0.15, 0.2) is 5.82 Å². The minimum absolute atomic E-state index is 0.228. The fourth-order valence-electron chi connectivity index (χ4n) is 3.22. The maximum Gasteiger partial charge on any atom is 0.258 e. The van der Waals surface area contributed by atoms with Crippen molar-refractivity contribution in [1.82, 2.24) is 20.1 Å². The number of piperidine rings is 1. The molecule has 1 aliphatic rings. The quantitative estimate of drug-likeness (QED) is 0.668. The Morgan fingerprint density at radius 1 is 1.32 bits per heavy atom. The maximum atomic E-state index is 12.7. The monoisotopic (exact) mass is 397 g/mol. The lowest BCUT2D eigenvalue weighted by Crippen LogP contribution is -2.27. The highest BCUT2D eigenvalue weighted by Gasteiger charge is 2.21. The minimum atomic E-state index is -0.228. The highest BCUT2D eigenvalue weighted by Crippen LogP contribution is 2.23. The van der Waals surface area contributed by atoms with Crippen LogP contribution in [0.4, 0.5) is 5.95 Å². The number of aryl methyl sites for hydroxylation is 1. The van der Waals surface area contributed by atoms with E-state index in [0.29, 0.717) is 29.8 Å². The number of thiophene rings is 1. The molecule has 0 unspecified atom stereocenters. The van der Waals surface area contributed by atoms with Crippen molar-refractivity contribution in [1.29, 1.82) is 0 Å². The van der Waals surface area contributed by atoms with Gasteiger partial charge >= 0.3 is 0 Å². The van der Waals surface area contributed by atoms with E-state index < -0.39 is 0 Å². The van der Waals surface area contributed by atoms with Crippen LogP contribution in [0.1, 0.15) is 39.8 Å². The maximum absolute atomic E-state index is 12.7. The number of nitrogens with zero attached hydrogens (tertiary/aromatic N) is 3. The van der Waals surface area contributed by atoms with Crippen LogP contribution >= 0.6 is 11.3 Å². The fourth-order valence-corrected chi connectivity index (χ4v) is 3.83. The third kappa shape index (κ3) is 4.40. The van der Waals surface area contributed by atoms with Crippen LogP contribution in [0.25, 0.3) is 0 Å². The Balaban J connectivity index is 1.42. The molecule has 0 spiro atoms. The molecule has 1 aliphatic heterocycles. The number of carbonyl (C=O) groups is 1. The van der Waals surface area contributed by atoms with Gasteiger partial charge in [-0.3, -0.25) is 10.1 Å². The molecule has 1 fully saturated rings. The van der Waals surface area contributed by atoms with Gasteiger partial charge in [0, 0.05) is 23.4 Å². The molecule has 2 N–H and O–H groups in total. The van der Waals surface area contributed by atoms with E-state index in [-0.39, 0.29) is 5.91 Å². The average molecular weight is 398 g/mol. The summed E-state index contributed by atoms with van der Waals surface area (Å²) in [6.45, 7) is 2.44. The fraction of sp³-hybridized carbons (Fsp3) is 0.350. The van der Waals surface area contributed by atoms with Gasteiger partial charge in [0.1, 0.15) is 12.4 Å². The van der Waals surface area contributed by atoms with Crippen molar-refractivity contribution in [3.05, 3.63) is 58.0 Å². The second-order valence-electron chi connectivity index (χ2n) is 6.79. The van der Waals surface area contributed by atoms with Gasteiger partial charge in [-0.25, -0.2) is 4.68 Å². The summed E-state index contributed by atoms with van der Waals surface area (Å²) in [5.41, 5.74) is 0.523. The number of benzene rings is 1. The summed E-state index contributed by atoms with van der Waals surface area (Å²) in [5.74, 6) is 2.03. The average Bonchev–Trinajstić information content (AvgIpc) is 3.37. The molecule has 1 saturated heterocycles. The van der Waals surface area contributed by atoms with Crippen LogP contribution in [0.5, 0.6) is 5.75 Å². The van der Waals surface area contributed by atoms with E-state index in [1.54, 1.807) is 35.2 Å². The van der Waals surface area contributed by atoms with Gasteiger partial charge in [0.25, 0.3) is 5.91 Å². The molecule has 7 nitrogen and oxygen atoms in total. The molecule has 4 rings (SSSR count). The Morgan fingerprint density at radius 2 is 2.18 bits per heavy atom. The number of anilines is 1. The lowest BCUT2D eigenvalue weighted by Gasteiger charge is -2.19. The molecule has 3 heterocycles. The number of rotatable bonds is 6. The van der Waals surface area contributed by atoms with E-state index in [4.69, 9.17) is 4.74 Å². The van der Waals surface area contributed by atoms with Crippen LogP contribution < -0.4 is 15.4 Å². The summed E-state index contributed by atoms with van der Waals surface area (Å²) in [6, 6.07) is 11.2. The summed E-state index contributed by atoms with van der Waals surface area (Å²) in [7, 11) is 1.80. The first-order chi connectivity index (χ1) is 13.7. The topological polar surface area (TPSA) is 81.1 Å². The zero-order valence-electron chi connectivity index (χ0n) is 15.7. The molecular formula is C20H23N5O2S. The lowest BCUT2D eigenvalue weighted by molar-refractivity contribution is 0.102. The van der Waals surface area contributed by atoms with Gasteiger partial charge in [0.05, 0.1) is 0 Å². The van der Waals surface area contributed by atoms with Gasteiger partial charge in [0.2, 0.25) is 5.95 Å². The summed E-state index contributed by atoms with van der Waals surface area (Å²) in [6.07, 6.45) is 2.03. The Morgan fingerprint density at radius 3 is 2.96 bits per heavy atom. The molecule has 0 atom stereocenters. The number of aromatic nitrogens is 3. The van der Waals surface area contributed by atoms with E-state index in [2.05, 4.69) is 20.7 Å². The van der Waals surface area contributed by atoms with Crippen molar-refractivity contribution in [3.8, 4) is 5.75 Å². The molecule has 0 aliphatic carbocycles. The Bertz CT molecular complexity index is 932. The highest BCUT2D eigenvalue weighted by atomic mass is 32.1. The number of hydrogen-bond donors (Lipinski definition) is 2. The number of hydrogen-bond acceptors (Lipinski definition) is 6. The first kappa shape index (κ1) is 18.6. The normalized spacial score (nSPS) is 14.8. The Hall–Kier alpha value is -2.71. The van der Waals surface area contributed by atoms with E-state index in [0.717, 1.165) is 36.6 Å². The second kappa shape index (κ2) is 8.53. The van der Waals surface area contributed by atoms with Crippen molar-refractivity contribution < 1.29 is 9.53 Å². The van der Waals surface area contributed by atoms with Gasteiger partial charge in [-0.1, -0.05) is 12.1 Å². The highest BCUT2D eigenvalue weighted by molar-refractivity contribution is 7.09. The standard InChI is InChI=1S/C20H23N5O2S/c1-25-20(22-18(24-25)14-7-9-21-10-8-14)23-19(26)15-4-2-5-16(12-15)27-13-17-6-3-11-28-17/h2-6,11-12,14,21H,7-10,13H2,1H3,(H,22,23,24,26). The van der Waals surface area contributed by atoms with Gasteiger partial charge in [-0.2, -0.15) is 10.1 Å². The van der Waals surface area contributed by atoms with E-state index in [1.165, 1.54) is 0 Å². The molecule has 0 saturated carbocycles. The molecule has 8 heteroatoms. The van der Waals surface area contributed by atoms with Gasteiger partial charge in [-0.05, 0) is 55.6 Å². The van der Waals surface area contributed by atoms with E-state index in [1.807, 2.05) is 29.6 Å². The molecule has 2 aromatic heterocycles. The molecule has 0 bridgehead atoms. The van der Waals surface area contributed by atoms with Crippen LogP contribution in [0, 0.1) is 0 Å². The predicted octanol–water partition coefficient (Wildman–Crippen LogP) is 3.17. The number of nitrogens with one attached hydrogen (secondary N) is 2. The van der Waals surface area contributed by atoms with Crippen molar-refractivity contribution in [2.24, 2.45) is 7.05 Å². The molecule has 28 heavy (non-hydrogen) atoms. The smallest absolute Gasteiger partial charge is 0.258 e.